The van der Waals surface area contributed by atoms with E-state index in [4.69, 9.17) is 9.47 Å². The molecule has 0 saturated carbocycles. The number of fused-ring (bicyclic) bond motifs is 1. The van der Waals surface area contributed by atoms with Crippen molar-refractivity contribution in [3.05, 3.63) is 53.6 Å². The Morgan fingerprint density at radius 2 is 2.18 bits per heavy atom. The molecule has 0 radical (unpaired) electrons. The maximum Gasteiger partial charge on any atom is 0.237 e. The van der Waals surface area contributed by atoms with Gasteiger partial charge >= 0.3 is 0 Å². The van der Waals surface area contributed by atoms with Gasteiger partial charge in [0.2, 0.25) is 11.8 Å². The largest absolute Gasteiger partial charge is 0.474 e. The Morgan fingerprint density at radius 1 is 1.33 bits per heavy atom. The van der Waals surface area contributed by atoms with Gasteiger partial charge in [-0.25, -0.2) is 19.3 Å². The van der Waals surface area contributed by atoms with E-state index in [-0.39, 0.29) is 18.2 Å². The number of aromatic nitrogens is 3. The number of nitriles is 1. The number of anilines is 3. The Labute approximate surface area is 190 Å². The standard InChI is InChI=1S/C23H23FN6O3/c1-23(13-31)12-28-19-15(10-25)8-14(9-16(19)23)20-17(24)11-27-22(30-20)29-18-4-3-5-26-21(18)33-7-6-32-2/h3-5,8-9,11,28,31H,6-7,12-13H2,1-2H3,(H,27,29,30)/t23-/m1/s1. The summed E-state index contributed by atoms with van der Waals surface area (Å²) in [6.07, 6.45) is 2.65. The average molecular weight is 450 g/mol. The maximum atomic E-state index is 14.8. The van der Waals surface area contributed by atoms with Gasteiger partial charge in [0, 0.05) is 30.8 Å². The first-order valence-corrected chi connectivity index (χ1v) is 10.3. The molecule has 9 nitrogen and oxygen atoms in total. The van der Waals surface area contributed by atoms with Crippen molar-refractivity contribution in [2.75, 3.05) is 44.1 Å². The number of benzene rings is 1. The molecule has 0 unspecified atom stereocenters. The highest BCUT2D eigenvalue weighted by Gasteiger charge is 2.36. The quantitative estimate of drug-likeness (QED) is 0.444. The molecule has 0 bridgehead atoms. The number of ether oxygens (including phenoxy) is 2. The summed E-state index contributed by atoms with van der Waals surface area (Å²) in [5.41, 5.74) is 2.12. The van der Waals surface area contributed by atoms with Crippen LogP contribution in [-0.4, -0.2) is 53.5 Å². The minimum Gasteiger partial charge on any atom is -0.474 e. The molecule has 0 aliphatic carbocycles. The highest BCUT2D eigenvalue weighted by Crippen LogP contribution is 2.41. The number of nitrogens with zero attached hydrogens (tertiary/aromatic N) is 4. The molecule has 2 aromatic heterocycles. The van der Waals surface area contributed by atoms with Gasteiger partial charge in [-0.3, -0.25) is 0 Å². The predicted octanol–water partition coefficient (Wildman–Crippen LogP) is 2.99. The van der Waals surface area contributed by atoms with E-state index in [0.717, 1.165) is 11.8 Å². The van der Waals surface area contributed by atoms with Gasteiger partial charge in [-0.15, -0.1) is 0 Å². The minimum atomic E-state index is -0.635. The van der Waals surface area contributed by atoms with Crippen LogP contribution in [0.5, 0.6) is 5.88 Å². The van der Waals surface area contributed by atoms with Crippen molar-refractivity contribution in [2.24, 2.45) is 0 Å². The van der Waals surface area contributed by atoms with E-state index >= 15 is 0 Å². The van der Waals surface area contributed by atoms with E-state index in [9.17, 15) is 14.8 Å². The summed E-state index contributed by atoms with van der Waals surface area (Å²) in [5.74, 6) is -0.167. The summed E-state index contributed by atoms with van der Waals surface area (Å²) in [6, 6.07) is 8.94. The fourth-order valence-corrected chi connectivity index (χ4v) is 3.63. The minimum absolute atomic E-state index is 0.0322. The topological polar surface area (TPSA) is 125 Å². The first kappa shape index (κ1) is 22.4. The summed E-state index contributed by atoms with van der Waals surface area (Å²) < 4.78 is 25.4. The number of nitrogens with one attached hydrogen (secondary N) is 2. The molecule has 3 heterocycles. The molecule has 1 atom stereocenters. The van der Waals surface area contributed by atoms with Gasteiger partial charge in [-0.05, 0) is 29.8 Å². The SMILES string of the molecule is COCCOc1ncccc1Nc1ncc(F)c(-c2cc(C#N)c3c(c2)[C@@](C)(CO)CN3)n1. The Hall–Kier alpha value is -3.81. The second kappa shape index (κ2) is 9.36. The second-order valence-electron chi connectivity index (χ2n) is 7.84. The molecule has 0 fully saturated rings. The van der Waals surface area contributed by atoms with Crippen molar-refractivity contribution in [3.63, 3.8) is 0 Å². The van der Waals surface area contributed by atoms with Gasteiger partial charge in [-0.1, -0.05) is 6.92 Å². The van der Waals surface area contributed by atoms with Crippen LogP contribution in [0.3, 0.4) is 0 Å². The molecule has 33 heavy (non-hydrogen) atoms. The van der Waals surface area contributed by atoms with Gasteiger partial charge in [0.25, 0.3) is 0 Å². The number of pyridine rings is 1. The zero-order chi connectivity index (χ0) is 23.4. The zero-order valence-electron chi connectivity index (χ0n) is 18.2. The van der Waals surface area contributed by atoms with Gasteiger partial charge < -0.3 is 25.2 Å². The van der Waals surface area contributed by atoms with Crippen molar-refractivity contribution in [2.45, 2.75) is 12.3 Å². The monoisotopic (exact) mass is 450 g/mol. The van der Waals surface area contributed by atoms with Crippen LogP contribution in [-0.2, 0) is 10.2 Å². The van der Waals surface area contributed by atoms with Crippen LogP contribution in [0.25, 0.3) is 11.3 Å². The van der Waals surface area contributed by atoms with Crippen LogP contribution >= 0.6 is 0 Å². The van der Waals surface area contributed by atoms with Crippen molar-refractivity contribution in [1.82, 2.24) is 15.0 Å². The number of hydrogen-bond acceptors (Lipinski definition) is 9. The fraction of sp³-hybridized carbons (Fsp3) is 0.304. The molecule has 10 heteroatoms. The second-order valence-corrected chi connectivity index (χ2v) is 7.84. The summed E-state index contributed by atoms with van der Waals surface area (Å²) in [5, 5.41) is 25.7. The lowest BCUT2D eigenvalue weighted by atomic mass is 9.83. The lowest BCUT2D eigenvalue weighted by molar-refractivity contribution is 0.144. The van der Waals surface area contributed by atoms with Gasteiger partial charge in [0.1, 0.15) is 24.1 Å². The lowest BCUT2D eigenvalue weighted by Gasteiger charge is -2.21. The van der Waals surface area contributed by atoms with Crippen LogP contribution in [0.1, 0.15) is 18.1 Å². The summed E-state index contributed by atoms with van der Waals surface area (Å²) in [4.78, 5) is 12.6. The number of hydrogen-bond donors (Lipinski definition) is 3. The predicted molar refractivity (Wildman–Crippen MR) is 120 cm³/mol. The summed E-state index contributed by atoms with van der Waals surface area (Å²) in [7, 11) is 1.57. The summed E-state index contributed by atoms with van der Waals surface area (Å²) >= 11 is 0. The van der Waals surface area contributed by atoms with Crippen LogP contribution in [0.2, 0.25) is 0 Å². The highest BCUT2D eigenvalue weighted by atomic mass is 19.1. The Balaban J connectivity index is 1.70. The molecule has 3 aromatic rings. The van der Waals surface area contributed by atoms with Crippen molar-refractivity contribution < 1.29 is 19.0 Å². The van der Waals surface area contributed by atoms with E-state index < -0.39 is 11.2 Å². The zero-order valence-corrected chi connectivity index (χ0v) is 18.2. The van der Waals surface area contributed by atoms with Crippen LogP contribution in [0.4, 0.5) is 21.7 Å². The van der Waals surface area contributed by atoms with E-state index in [1.807, 2.05) is 6.92 Å². The number of halogens is 1. The molecular weight excluding hydrogens is 427 g/mol. The molecule has 0 saturated heterocycles. The molecule has 0 spiro atoms. The van der Waals surface area contributed by atoms with Crippen molar-refractivity contribution in [1.29, 1.82) is 5.26 Å². The molecule has 1 aromatic carbocycles. The lowest BCUT2D eigenvalue weighted by Crippen LogP contribution is -2.28. The van der Waals surface area contributed by atoms with Gasteiger partial charge in [0.15, 0.2) is 5.82 Å². The first-order valence-electron chi connectivity index (χ1n) is 10.3. The smallest absolute Gasteiger partial charge is 0.237 e. The van der Waals surface area contributed by atoms with Crippen molar-refractivity contribution >= 4 is 17.3 Å². The fourth-order valence-electron chi connectivity index (χ4n) is 3.63. The van der Waals surface area contributed by atoms with E-state index in [1.165, 1.54) is 0 Å². The van der Waals surface area contributed by atoms with Crippen LogP contribution in [0, 0.1) is 17.1 Å². The number of aliphatic hydroxyl groups excluding tert-OH is 1. The third-order valence-electron chi connectivity index (χ3n) is 5.47. The average Bonchev–Trinajstić information content (AvgIpc) is 3.18. The van der Waals surface area contributed by atoms with Crippen LogP contribution in [0.15, 0.2) is 36.7 Å². The van der Waals surface area contributed by atoms with E-state index in [1.54, 1.807) is 37.6 Å². The molecule has 0 amide bonds. The maximum absolute atomic E-state index is 14.8. The van der Waals surface area contributed by atoms with E-state index in [0.29, 0.717) is 48.1 Å². The normalized spacial score (nSPS) is 16.6. The van der Waals surface area contributed by atoms with Crippen molar-refractivity contribution in [3.8, 4) is 23.2 Å². The van der Waals surface area contributed by atoms with Gasteiger partial charge in [-0.2, -0.15) is 5.26 Å². The molecule has 1 aliphatic rings. The number of rotatable bonds is 8. The molecule has 3 N–H and O–H groups in total. The summed E-state index contributed by atoms with van der Waals surface area (Å²) in [6.45, 7) is 2.94. The van der Waals surface area contributed by atoms with Gasteiger partial charge in [0.05, 0.1) is 30.7 Å². The third kappa shape index (κ3) is 4.41. The molecule has 1 aliphatic heterocycles. The first-order chi connectivity index (χ1) is 16.0. The number of methoxy groups -OCH3 is 1. The van der Waals surface area contributed by atoms with E-state index in [2.05, 4.69) is 31.7 Å². The Bertz CT molecular complexity index is 1220. The Morgan fingerprint density at radius 3 is 2.94 bits per heavy atom. The molecular formula is C23H23FN6O3. The third-order valence-corrected chi connectivity index (χ3v) is 5.47. The molecule has 170 valence electrons. The Kier molecular flexibility index (Phi) is 6.35. The molecule has 4 rings (SSSR count). The number of aliphatic hydroxyl groups is 1. The van der Waals surface area contributed by atoms with Crippen LogP contribution < -0.4 is 15.4 Å². The highest BCUT2D eigenvalue weighted by molar-refractivity contribution is 5.76.